The van der Waals surface area contributed by atoms with Crippen LogP contribution in [0.4, 0.5) is 0 Å². The van der Waals surface area contributed by atoms with Gasteiger partial charge in [0.1, 0.15) is 0 Å². The summed E-state index contributed by atoms with van der Waals surface area (Å²) in [4.78, 5) is 10.2. The number of hydrogen-bond acceptors (Lipinski definition) is 1. The second-order valence-corrected chi connectivity index (χ2v) is 2.72. The van der Waals surface area contributed by atoms with Gasteiger partial charge < -0.3 is 5.11 Å². The van der Waals surface area contributed by atoms with Crippen molar-refractivity contribution in [3.8, 4) is 0 Å². The predicted molar refractivity (Wildman–Crippen MR) is 41.4 cm³/mol. The SMILES string of the molecule is CCCC(CCl)CC(=O)O. The number of alkyl halides is 1. The summed E-state index contributed by atoms with van der Waals surface area (Å²) >= 11 is 5.53. The molecule has 0 aliphatic heterocycles. The Bertz CT molecular complexity index is 104. The van der Waals surface area contributed by atoms with E-state index in [2.05, 4.69) is 0 Å². The lowest BCUT2D eigenvalue weighted by molar-refractivity contribution is -0.137. The molecule has 1 atom stereocenters. The first kappa shape index (κ1) is 9.76. The maximum absolute atomic E-state index is 10.2. The Kier molecular flexibility index (Phi) is 5.40. The van der Waals surface area contributed by atoms with Crippen LogP contribution in [-0.4, -0.2) is 17.0 Å². The minimum atomic E-state index is -0.751. The Labute approximate surface area is 66.2 Å². The summed E-state index contributed by atoms with van der Waals surface area (Å²) in [6, 6.07) is 0. The number of carboxylic acids is 1. The largest absolute Gasteiger partial charge is 0.481 e. The number of carboxylic acid groups (broad SMARTS) is 1. The fraction of sp³-hybridized carbons (Fsp3) is 0.857. The van der Waals surface area contributed by atoms with E-state index in [-0.39, 0.29) is 12.3 Å². The van der Waals surface area contributed by atoms with E-state index < -0.39 is 5.97 Å². The number of hydrogen-bond donors (Lipinski definition) is 1. The molecule has 1 unspecified atom stereocenters. The molecule has 1 N–H and O–H groups in total. The van der Waals surface area contributed by atoms with E-state index >= 15 is 0 Å². The van der Waals surface area contributed by atoms with Crippen LogP contribution in [0.25, 0.3) is 0 Å². The van der Waals surface area contributed by atoms with Crippen LogP contribution >= 0.6 is 11.6 Å². The molecular formula is C7H13ClO2. The molecule has 0 aromatic heterocycles. The molecule has 0 rings (SSSR count). The molecule has 0 aromatic rings. The van der Waals surface area contributed by atoms with Crippen LogP contribution in [0.2, 0.25) is 0 Å². The van der Waals surface area contributed by atoms with Crippen molar-refractivity contribution in [1.82, 2.24) is 0 Å². The smallest absolute Gasteiger partial charge is 0.303 e. The van der Waals surface area contributed by atoms with Gasteiger partial charge in [0.25, 0.3) is 0 Å². The molecule has 0 bridgehead atoms. The molecule has 0 heterocycles. The average molecular weight is 165 g/mol. The zero-order valence-corrected chi connectivity index (χ0v) is 6.90. The molecular weight excluding hydrogens is 152 g/mol. The Morgan fingerprint density at radius 3 is 2.60 bits per heavy atom. The first-order valence-corrected chi connectivity index (χ1v) is 4.01. The van der Waals surface area contributed by atoms with Gasteiger partial charge in [-0.05, 0) is 12.3 Å². The Morgan fingerprint density at radius 2 is 2.30 bits per heavy atom. The quantitative estimate of drug-likeness (QED) is 0.632. The lowest BCUT2D eigenvalue weighted by Gasteiger charge is -2.07. The maximum atomic E-state index is 10.2. The van der Waals surface area contributed by atoms with Crippen molar-refractivity contribution in [2.75, 3.05) is 5.88 Å². The molecule has 2 nitrogen and oxygen atoms in total. The van der Waals surface area contributed by atoms with Gasteiger partial charge in [-0.25, -0.2) is 0 Å². The van der Waals surface area contributed by atoms with E-state index in [4.69, 9.17) is 16.7 Å². The molecule has 0 amide bonds. The summed E-state index contributed by atoms with van der Waals surface area (Å²) in [7, 11) is 0. The first-order valence-electron chi connectivity index (χ1n) is 3.48. The summed E-state index contributed by atoms with van der Waals surface area (Å²) in [5.41, 5.74) is 0. The van der Waals surface area contributed by atoms with E-state index in [1.807, 2.05) is 6.92 Å². The third kappa shape index (κ3) is 4.62. The lowest BCUT2D eigenvalue weighted by Crippen LogP contribution is -2.08. The molecule has 0 saturated carbocycles. The minimum absolute atomic E-state index is 0.157. The summed E-state index contributed by atoms with van der Waals surface area (Å²) < 4.78 is 0. The number of carbonyl (C=O) groups is 1. The summed E-state index contributed by atoms with van der Waals surface area (Å²) in [6.07, 6.45) is 2.12. The fourth-order valence-corrected chi connectivity index (χ4v) is 1.15. The van der Waals surface area contributed by atoms with Crippen molar-refractivity contribution < 1.29 is 9.90 Å². The van der Waals surface area contributed by atoms with Gasteiger partial charge in [-0.1, -0.05) is 13.3 Å². The van der Waals surface area contributed by atoms with Crippen molar-refractivity contribution in [2.24, 2.45) is 5.92 Å². The number of aliphatic carboxylic acids is 1. The normalized spacial score (nSPS) is 13.0. The van der Waals surface area contributed by atoms with Crippen LogP contribution < -0.4 is 0 Å². The van der Waals surface area contributed by atoms with Crippen LogP contribution in [-0.2, 0) is 4.79 Å². The summed E-state index contributed by atoms with van der Waals surface area (Å²) in [5, 5.41) is 8.38. The topological polar surface area (TPSA) is 37.3 Å². The van der Waals surface area contributed by atoms with Gasteiger partial charge in [-0.3, -0.25) is 4.79 Å². The van der Waals surface area contributed by atoms with Crippen LogP contribution in [0.3, 0.4) is 0 Å². The zero-order chi connectivity index (χ0) is 7.98. The van der Waals surface area contributed by atoms with E-state index in [0.29, 0.717) is 5.88 Å². The first-order chi connectivity index (χ1) is 4.70. The van der Waals surface area contributed by atoms with E-state index in [1.54, 1.807) is 0 Å². The van der Waals surface area contributed by atoms with Crippen molar-refractivity contribution in [3.63, 3.8) is 0 Å². The average Bonchev–Trinajstić information content (AvgIpc) is 1.86. The Morgan fingerprint density at radius 1 is 1.70 bits per heavy atom. The van der Waals surface area contributed by atoms with Crippen LogP contribution in [0, 0.1) is 5.92 Å². The molecule has 0 aliphatic carbocycles. The van der Waals surface area contributed by atoms with Crippen molar-refractivity contribution in [2.45, 2.75) is 26.2 Å². The Hall–Kier alpha value is -0.240. The highest BCUT2D eigenvalue weighted by atomic mass is 35.5. The van der Waals surface area contributed by atoms with Gasteiger partial charge in [-0.2, -0.15) is 0 Å². The molecule has 3 heteroatoms. The minimum Gasteiger partial charge on any atom is -0.481 e. The molecule has 10 heavy (non-hydrogen) atoms. The van der Waals surface area contributed by atoms with E-state index in [0.717, 1.165) is 12.8 Å². The lowest BCUT2D eigenvalue weighted by atomic mass is 10.0. The van der Waals surface area contributed by atoms with Gasteiger partial charge in [-0.15, -0.1) is 11.6 Å². The van der Waals surface area contributed by atoms with Crippen LogP contribution in [0.5, 0.6) is 0 Å². The molecule has 60 valence electrons. The molecule has 0 fully saturated rings. The summed E-state index contributed by atoms with van der Waals surface area (Å²) in [5.74, 6) is -0.136. The van der Waals surface area contributed by atoms with Crippen LogP contribution in [0.1, 0.15) is 26.2 Å². The highest BCUT2D eigenvalue weighted by Crippen LogP contribution is 2.12. The van der Waals surface area contributed by atoms with Gasteiger partial charge >= 0.3 is 5.97 Å². The van der Waals surface area contributed by atoms with E-state index in [9.17, 15) is 4.79 Å². The zero-order valence-electron chi connectivity index (χ0n) is 6.14. The molecule has 0 aromatic carbocycles. The predicted octanol–water partition coefficient (Wildman–Crippen LogP) is 2.12. The highest BCUT2D eigenvalue weighted by molar-refractivity contribution is 6.18. The highest BCUT2D eigenvalue weighted by Gasteiger charge is 2.09. The van der Waals surface area contributed by atoms with Gasteiger partial charge in [0.15, 0.2) is 0 Å². The number of halogens is 1. The second kappa shape index (κ2) is 5.54. The molecule has 0 radical (unpaired) electrons. The second-order valence-electron chi connectivity index (χ2n) is 2.41. The van der Waals surface area contributed by atoms with E-state index in [1.165, 1.54) is 0 Å². The van der Waals surface area contributed by atoms with Crippen molar-refractivity contribution in [3.05, 3.63) is 0 Å². The molecule has 0 aliphatic rings. The third-order valence-electron chi connectivity index (χ3n) is 1.38. The van der Waals surface area contributed by atoms with Gasteiger partial charge in [0.05, 0.1) is 0 Å². The molecule has 0 spiro atoms. The van der Waals surface area contributed by atoms with Gasteiger partial charge in [0, 0.05) is 12.3 Å². The Balaban J connectivity index is 3.49. The third-order valence-corrected chi connectivity index (χ3v) is 1.81. The standard InChI is InChI=1S/C7H13ClO2/c1-2-3-6(5-8)4-7(9)10/h6H,2-5H2,1H3,(H,9,10). The van der Waals surface area contributed by atoms with Crippen LogP contribution in [0.15, 0.2) is 0 Å². The monoisotopic (exact) mass is 164 g/mol. The molecule has 0 saturated heterocycles. The maximum Gasteiger partial charge on any atom is 0.303 e. The fourth-order valence-electron chi connectivity index (χ4n) is 0.889. The number of rotatable bonds is 5. The summed E-state index contributed by atoms with van der Waals surface area (Å²) in [6.45, 7) is 2.03. The van der Waals surface area contributed by atoms with Crippen molar-refractivity contribution in [1.29, 1.82) is 0 Å². The van der Waals surface area contributed by atoms with Gasteiger partial charge in [0.2, 0.25) is 0 Å². The van der Waals surface area contributed by atoms with Crippen molar-refractivity contribution >= 4 is 17.6 Å².